The van der Waals surface area contributed by atoms with E-state index < -0.39 is 0 Å². The molecule has 0 amide bonds. The molecule has 2 aromatic carbocycles. The van der Waals surface area contributed by atoms with Gasteiger partial charge in [0.1, 0.15) is 11.3 Å². The highest BCUT2D eigenvalue weighted by molar-refractivity contribution is 5.86. The Balaban J connectivity index is 1.86. The number of rotatable bonds is 4. The number of nitrogens with zero attached hydrogens (tertiary/aromatic N) is 3. The SMILES string of the molecule is Cc1ccc2ccc(C(Nc3ncccn3)c3ccccc3)c(O)c2n1. The zero-order chi connectivity index (χ0) is 17.9. The molecule has 5 heteroatoms. The Hall–Kier alpha value is -3.47. The summed E-state index contributed by atoms with van der Waals surface area (Å²) < 4.78 is 0. The van der Waals surface area contributed by atoms with Gasteiger partial charge in [-0.3, -0.25) is 0 Å². The van der Waals surface area contributed by atoms with Crippen LogP contribution in [0, 0.1) is 6.92 Å². The Bertz CT molecular complexity index is 1040. The minimum atomic E-state index is -0.301. The van der Waals surface area contributed by atoms with E-state index in [0.29, 0.717) is 11.5 Å². The minimum absolute atomic E-state index is 0.170. The summed E-state index contributed by atoms with van der Waals surface area (Å²) >= 11 is 0. The lowest BCUT2D eigenvalue weighted by Crippen LogP contribution is -2.14. The largest absolute Gasteiger partial charge is 0.505 e. The molecule has 0 aliphatic rings. The maximum atomic E-state index is 10.9. The Morgan fingerprint density at radius 2 is 1.62 bits per heavy atom. The fourth-order valence-corrected chi connectivity index (χ4v) is 3.01. The molecule has 0 aliphatic heterocycles. The van der Waals surface area contributed by atoms with E-state index in [1.165, 1.54) is 0 Å². The number of aromatic nitrogens is 3. The van der Waals surface area contributed by atoms with Gasteiger partial charge in [0, 0.05) is 29.0 Å². The summed E-state index contributed by atoms with van der Waals surface area (Å²) in [7, 11) is 0. The van der Waals surface area contributed by atoms with E-state index in [2.05, 4.69) is 20.3 Å². The van der Waals surface area contributed by atoms with Crippen LogP contribution in [0.4, 0.5) is 5.95 Å². The summed E-state index contributed by atoms with van der Waals surface area (Å²) in [5.74, 6) is 0.668. The van der Waals surface area contributed by atoms with Crippen molar-refractivity contribution in [1.29, 1.82) is 0 Å². The lowest BCUT2D eigenvalue weighted by atomic mass is 9.96. The molecule has 5 nitrogen and oxygen atoms in total. The number of phenols is 1. The molecule has 0 spiro atoms. The maximum absolute atomic E-state index is 10.9. The second kappa shape index (κ2) is 6.80. The molecular weight excluding hydrogens is 324 g/mol. The third kappa shape index (κ3) is 3.07. The number of hydrogen-bond acceptors (Lipinski definition) is 5. The molecule has 0 aliphatic carbocycles. The first-order valence-electron chi connectivity index (χ1n) is 8.40. The van der Waals surface area contributed by atoms with Crippen LogP contribution < -0.4 is 5.32 Å². The van der Waals surface area contributed by atoms with Crippen LogP contribution in [0.1, 0.15) is 22.9 Å². The van der Waals surface area contributed by atoms with E-state index in [1.54, 1.807) is 18.5 Å². The Morgan fingerprint density at radius 1 is 0.885 bits per heavy atom. The quantitative estimate of drug-likeness (QED) is 0.580. The zero-order valence-electron chi connectivity index (χ0n) is 14.3. The molecule has 0 saturated heterocycles. The highest BCUT2D eigenvalue weighted by atomic mass is 16.3. The van der Waals surface area contributed by atoms with Crippen LogP contribution in [0.25, 0.3) is 10.9 Å². The van der Waals surface area contributed by atoms with Crippen LogP contribution in [-0.4, -0.2) is 20.1 Å². The van der Waals surface area contributed by atoms with Crippen molar-refractivity contribution >= 4 is 16.9 Å². The monoisotopic (exact) mass is 342 g/mol. The van der Waals surface area contributed by atoms with E-state index in [4.69, 9.17) is 0 Å². The lowest BCUT2D eigenvalue weighted by Gasteiger charge is -2.21. The van der Waals surface area contributed by atoms with Gasteiger partial charge in [0.25, 0.3) is 0 Å². The van der Waals surface area contributed by atoms with Gasteiger partial charge in [0.05, 0.1) is 6.04 Å². The summed E-state index contributed by atoms with van der Waals surface area (Å²) in [6.07, 6.45) is 3.37. The number of benzene rings is 2. The second-order valence-electron chi connectivity index (χ2n) is 6.09. The van der Waals surface area contributed by atoms with Crippen LogP contribution in [0.2, 0.25) is 0 Å². The number of aromatic hydroxyl groups is 1. The summed E-state index contributed by atoms with van der Waals surface area (Å²) in [5.41, 5.74) is 3.19. The molecular formula is C21H18N4O. The van der Waals surface area contributed by atoms with Gasteiger partial charge in [-0.2, -0.15) is 0 Å². The molecule has 4 rings (SSSR count). The Kier molecular flexibility index (Phi) is 4.19. The van der Waals surface area contributed by atoms with Crippen molar-refractivity contribution in [2.45, 2.75) is 13.0 Å². The molecule has 0 radical (unpaired) electrons. The van der Waals surface area contributed by atoms with Gasteiger partial charge in [-0.1, -0.05) is 48.5 Å². The predicted octanol–water partition coefficient (Wildman–Crippen LogP) is 4.24. The average molecular weight is 342 g/mol. The Morgan fingerprint density at radius 3 is 2.38 bits per heavy atom. The molecule has 0 saturated carbocycles. The van der Waals surface area contributed by atoms with E-state index in [9.17, 15) is 5.11 Å². The lowest BCUT2D eigenvalue weighted by molar-refractivity contribution is 0.471. The van der Waals surface area contributed by atoms with Crippen molar-refractivity contribution in [1.82, 2.24) is 15.0 Å². The van der Waals surface area contributed by atoms with Gasteiger partial charge < -0.3 is 10.4 Å². The highest BCUT2D eigenvalue weighted by Crippen LogP contribution is 2.36. The van der Waals surface area contributed by atoms with E-state index >= 15 is 0 Å². The summed E-state index contributed by atoms with van der Waals surface area (Å²) in [4.78, 5) is 13.0. The topological polar surface area (TPSA) is 70.9 Å². The average Bonchev–Trinajstić information content (AvgIpc) is 2.69. The van der Waals surface area contributed by atoms with E-state index in [0.717, 1.165) is 22.2 Å². The smallest absolute Gasteiger partial charge is 0.223 e. The molecule has 0 fully saturated rings. The molecule has 2 aromatic heterocycles. The maximum Gasteiger partial charge on any atom is 0.223 e. The van der Waals surface area contributed by atoms with Gasteiger partial charge in [0.15, 0.2) is 0 Å². The minimum Gasteiger partial charge on any atom is -0.505 e. The number of fused-ring (bicyclic) bond motifs is 1. The summed E-state index contributed by atoms with van der Waals surface area (Å²) in [6.45, 7) is 1.91. The van der Waals surface area contributed by atoms with Crippen LogP contribution in [0.3, 0.4) is 0 Å². The van der Waals surface area contributed by atoms with Gasteiger partial charge in [-0.05, 0) is 24.6 Å². The molecule has 128 valence electrons. The first kappa shape index (κ1) is 16.0. The number of phenolic OH excluding ortho intramolecular Hbond substituents is 1. The molecule has 1 atom stereocenters. The van der Waals surface area contributed by atoms with Crippen molar-refractivity contribution in [2.24, 2.45) is 0 Å². The van der Waals surface area contributed by atoms with Gasteiger partial charge >= 0.3 is 0 Å². The van der Waals surface area contributed by atoms with Gasteiger partial charge in [-0.15, -0.1) is 0 Å². The highest BCUT2D eigenvalue weighted by Gasteiger charge is 2.20. The zero-order valence-corrected chi connectivity index (χ0v) is 14.3. The van der Waals surface area contributed by atoms with Crippen molar-refractivity contribution in [2.75, 3.05) is 5.32 Å². The molecule has 26 heavy (non-hydrogen) atoms. The normalized spacial score (nSPS) is 12.0. The summed E-state index contributed by atoms with van der Waals surface area (Å²) in [5, 5.41) is 15.2. The van der Waals surface area contributed by atoms with Gasteiger partial charge in [0.2, 0.25) is 5.95 Å². The van der Waals surface area contributed by atoms with Crippen molar-refractivity contribution < 1.29 is 5.11 Å². The standard InChI is InChI=1S/C21H18N4O/c1-14-8-9-16-10-11-17(20(26)19(16)24-14)18(15-6-3-2-4-7-15)25-21-22-12-5-13-23-21/h2-13,18,26H,1H3,(H,22,23,25). The van der Waals surface area contributed by atoms with Crippen LogP contribution in [0.15, 0.2) is 73.1 Å². The second-order valence-corrected chi connectivity index (χ2v) is 6.09. The van der Waals surface area contributed by atoms with E-state index in [-0.39, 0.29) is 11.8 Å². The molecule has 2 heterocycles. The fraction of sp³-hybridized carbons (Fsp3) is 0.0952. The van der Waals surface area contributed by atoms with Crippen LogP contribution in [-0.2, 0) is 0 Å². The number of nitrogens with one attached hydrogen (secondary N) is 1. The third-order valence-corrected chi connectivity index (χ3v) is 4.29. The van der Waals surface area contributed by atoms with Gasteiger partial charge in [-0.25, -0.2) is 15.0 Å². The number of anilines is 1. The molecule has 0 bridgehead atoms. The first-order valence-corrected chi connectivity index (χ1v) is 8.40. The number of aryl methyl sites for hydroxylation is 1. The summed E-state index contributed by atoms with van der Waals surface area (Å²) in [6, 6.07) is 19.2. The van der Waals surface area contributed by atoms with Crippen molar-refractivity contribution in [3.63, 3.8) is 0 Å². The third-order valence-electron chi connectivity index (χ3n) is 4.29. The fourth-order valence-electron chi connectivity index (χ4n) is 3.01. The molecule has 2 N–H and O–H groups in total. The van der Waals surface area contributed by atoms with E-state index in [1.807, 2.05) is 61.5 Å². The number of pyridine rings is 1. The van der Waals surface area contributed by atoms with Crippen LogP contribution >= 0.6 is 0 Å². The predicted molar refractivity (Wildman–Crippen MR) is 102 cm³/mol. The Labute approximate surface area is 151 Å². The van der Waals surface area contributed by atoms with Crippen molar-refractivity contribution in [3.8, 4) is 5.75 Å². The molecule has 1 unspecified atom stereocenters. The van der Waals surface area contributed by atoms with Crippen molar-refractivity contribution in [3.05, 3.63) is 89.9 Å². The molecule has 4 aromatic rings. The number of hydrogen-bond donors (Lipinski definition) is 2. The van der Waals surface area contributed by atoms with Crippen LogP contribution in [0.5, 0.6) is 5.75 Å². The first-order chi connectivity index (χ1) is 12.7.